The van der Waals surface area contributed by atoms with Gasteiger partial charge in [0.05, 0.1) is 0 Å². The molecule has 0 saturated carbocycles. The minimum atomic E-state index is -0.622. The molecule has 0 aliphatic heterocycles. The predicted octanol–water partition coefficient (Wildman–Crippen LogP) is 2.86. The van der Waals surface area contributed by atoms with Crippen molar-refractivity contribution in [2.24, 2.45) is 0 Å². The van der Waals surface area contributed by atoms with Crippen LogP contribution in [-0.2, 0) is 9.59 Å². The Kier molecular flexibility index (Phi) is 7.16. The molecule has 27 heavy (non-hydrogen) atoms. The van der Waals surface area contributed by atoms with Crippen LogP contribution in [0.25, 0.3) is 0 Å². The molecule has 0 saturated heterocycles. The Morgan fingerprint density at radius 3 is 2.22 bits per heavy atom. The largest absolute Gasteiger partial charge is 0.484 e. The molecule has 0 spiro atoms. The van der Waals surface area contributed by atoms with Crippen molar-refractivity contribution in [3.05, 3.63) is 59.4 Å². The average Bonchev–Trinajstić information content (AvgIpc) is 2.63. The maximum absolute atomic E-state index is 13.4. The van der Waals surface area contributed by atoms with Crippen LogP contribution in [0.15, 0.2) is 42.5 Å². The number of amides is 2. The lowest BCUT2D eigenvalue weighted by molar-refractivity contribution is -0.131. The average molecular weight is 374 g/mol. The van der Waals surface area contributed by atoms with Gasteiger partial charge < -0.3 is 9.47 Å². The molecule has 0 fully saturated rings. The Labute approximate surface area is 157 Å². The summed E-state index contributed by atoms with van der Waals surface area (Å²) < 4.78 is 23.8. The number of carbonyl (C=O) groups is 2. The van der Waals surface area contributed by atoms with Gasteiger partial charge in [-0.05, 0) is 48.2 Å². The number of benzene rings is 2. The summed E-state index contributed by atoms with van der Waals surface area (Å²) in [7, 11) is 0. The van der Waals surface area contributed by atoms with Gasteiger partial charge in [0.1, 0.15) is 5.75 Å². The molecule has 0 bridgehead atoms. The highest BCUT2D eigenvalue weighted by Crippen LogP contribution is 2.23. The number of nitrogens with one attached hydrogen (secondary N) is 2. The van der Waals surface area contributed by atoms with Gasteiger partial charge in [-0.1, -0.05) is 32.0 Å². The highest BCUT2D eigenvalue weighted by molar-refractivity contribution is 5.83. The lowest BCUT2D eigenvalue weighted by Gasteiger charge is -2.13. The molecule has 0 aromatic heterocycles. The molecule has 2 rings (SSSR count). The Morgan fingerprint density at radius 2 is 1.63 bits per heavy atom. The monoisotopic (exact) mass is 374 g/mol. The first kappa shape index (κ1) is 20.2. The zero-order valence-electron chi connectivity index (χ0n) is 15.5. The molecule has 144 valence electrons. The van der Waals surface area contributed by atoms with Gasteiger partial charge in [-0.15, -0.1) is 0 Å². The smallest absolute Gasteiger partial charge is 0.276 e. The molecule has 0 radical (unpaired) electrons. The fraction of sp³-hybridized carbons (Fsp3) is 0.300. The van der Waals surface area contributed by atoms with Gasteiger partial charge in [-0.2, -0.15) is 0 Å². The van der Waals surface area contributed by atoms with Crippen LogP contribution in [0, 0.1) is 12.7 Å². The number of carbonyl (C=O) groups excluding carboxylic acids is 2. The molecule has 0 atom stereocenters. The summed E-state index contributed by atoms with van der Waals surface area (Å²) in [5, 5.41) is 0. The van der Waals surface area contributed by atoms with Crippen molar-refractivity contribution < 1.29 is 23.5 Å². The second-order valence-corrected chi connectivity index (χ2v) is 6.28. The van der Waals surface area contributed by atoms with E-state index >= 15 is 0 Å². The predicted molar refractivity (Wildman–Crippen MR) is 98.9 cm³/mol. The quantitative estimate of drug-likeness (QED) is 0.731. The van der Waals surface area contributed by atoms with E-state index in [1.54, 1.807) is 12.1 Å². The summed E-state index contributed by atoms with van der Waals surface area (Å²) in [6, 6.07) is 11.4. The minimum Gasteiger partial charge on any atom is -0.484 e. The number of ether oxygens (including phenoxy) is 2. The van der Waals surface area contributed by atoms with Gasteiger partial charge in [-0.25, -0.2) is 4.39 Å². The minimum absolute atomic E-state index is 0.0393. The first-order chi connectivity index (χ1) is 12.9. The topological polar surface area (TPSA) is 76.7 Å². The summed E-state index contributed by atoms with van der Waals surface area (Å²) in [5.74, 6) is -0.780. The van der Waals surface area contributed by atoms with E-state index in [-0.39, 0.29) is 12.4 Å². The van der Waals surface area contributed by atoms with Crippen LogP contribution >= 0.6 is 0 Å². The van der Waals surface area contributed by atoms with Crippen LogP contribution in [-0.4, -0.2) is 25.0 Å². The number of hydrazine groups is 1. The SMILES string of the molecule is Cc1cc(OCC(=O)NNC(=O)COc2ccccc2F)ccc1C(C)C. The molecule has 2 amide bonds. The third kappa shape index (κ3) is 6.29. The summed E-state index contributed by atoms with van der Waals surface area (Å²) >= 11 is 0. The Balaban J connectivity index is 1.72. The fourth-order valence-electron chi connectivity index (χ4n) is 2.45. The summed E-state index contributed by atoms with van der Waals surface area (Å²) in [6.07, 6.45) is 0. The number of halogens is 1. The van der Waals surface area contributed by atoms with Crippen molar-refractivity contribution in [3.8, 4) is 11.5 Å². The summed E-state index contributed by atoms with van der Waals surface area (Å²) in [4.78, 5) is 23.4. The van der Waals surface area contributed by atoms with Crippen molar-refractivity contribution in [1.29, 1.82) is 0 Å². The van der Waals surface area contributed by atoms with Gasteiger partial charge in [0.25, 0.3) is 11.8 Å². The number of hydrogen-bond acceptors (Lipinski definition) is 4. The fourth-order valence-corrected chi connectivity index (χ4v) is 2.45. The third-order valence-electron chi connectivity index (χ3n) is 3.77. The molecule has 2 N–H and O–H groups in total. The van der Waals surface area contributed by atoms with Crippen LogP contribution in [0.1, 0.15) is 30.9 Å². The Morgan fingerprint density at radius 1 is 1.00 bits per heavy atom. The highest BCUT2D eigenvalue weighted by Gasteiger charge is 2.09. The first-order valence-corrected chi connectivity index (χ1v) is 8.55. The van der Waals surface area contributed by atoms with Gasteiger partial charge >= 0.3 is 0 Å². The number of para-hydroxylation sites is 1. The van der Waals surface area contributed by atoms with Crippen LogP contribution in [0.2, 0.25) is 0 Å². The number of hydrogen-bond donors (Lipinski definition) is 2. The third-order valence-corrected chi connectivity index (χ3v) is 3.77. The molecule has 2 aromatic rings. The molecule has 0 unspecified atom stereocenters. The van der Waals surface area contributed by atoms with Crippen LogP contribution in [0.4, 0.5) is 4.39 Å². The molecule has 0 heterocycles. The van der Waals surface area contributed by atoms with E-state index in [0.717, 1.165) is 5.56 Å². The van der Waals surface area contributed by atoms with Crippen molar-refractivity contribution in [2.45, 2.75) is 26.7 Å². The summed E-state index contributed by atoms with van der Waals surface area (Å²) in [6.45, 7) is 5.51. The molecule has 7 heteroatoms. The molecular formula is C20H23FN2O4. The lowest BCUT2D eigenvalue weighted by Crippen LogP contribution is -2.45. The summed E-state index contributed by atoms with van der Waals surface area (Å²) in [5.41, 5.74) is 6.69. The standard InChI is InChI=1S/C20H23FN2O4/c1-13(2)16-9-8-15(10-14(16)3)26-11-19(24)22-23-20(25)12-27-18-7-5-4-6-17(18)21/h4-10,13H,11-12H2,1-3H3,(H,22,24)(H,23,25). The van der Waals surface area contributed by atoms with E-state index in [4.69, 9.17) is 9.47 Å². The van der Waals surface area contributed by atoms with Crippen LogP contribution in [0.5, 0.6) is 11.5 Å². The van der Waals surface area contributed by atoms with Gasteiger partial charge in [0.2, 0.25) is 0 Å². The van der Waals surface area contributed by atoms with E-state index in [1.165, 1.54) is 23.8 Å². The van der Waals surface area contributed by atoms with E-state index in [1.807, 2.05) is 19.1 Å². The van der Waals surface area contributed by atoms with Crippen LogP contribution in [0.3, 0.4) is 0 Å². The van der Waals surface area contributed by atoms with Crippen molar-refractivity contribution in [1.82, 2.24) is 10.9 Å². The number of aryl methyl sites for hydroxylation is 1. The molecular weight excluding hydrogens is 351 g/mol. The van der Waals surface area contributed by atoms with Crippen molar-refractivity contribution >= 4 is 11.8 Å². The van der Waals surface area contributed by atoms with E-state index in [2.05, 4.69) is 24.7 Å². The van der Waals surface area contributed by atoms with Crippen molar-refractivity contribution in [3.63, 3.8) is 0 Å². The van der Waals surface area contributed by atoms with Gasteiger partial charge in [-0.3, -0.25) is 20.4 Å². The van der Waals surface area contributed by atoms with E-state index in [0.29, 0.717) is 11.7 Å². The maximum Gasteiger partial charge on any atom is 0.276 e. The molecule has 0 aliphatic rings. The molecule has 2 aromatic carbocycles. The lowest BCUT2D eigenvalue weighted by atomic mass is 9.98. The first-order valence-electron chi connectivity index (χ1n) is 8.55. The zero-order chi connectivity index (χ0) is 19.8. The van der Waals surface area contributed by atoms with Gasteiger partial charge in [0, 0.05) is 0 Å². The zero-order valence-corrected chi connectivity index (χ0v) is 15.5. The molecule has 0 aliphatic carbocycles. The Bertz CT molecular complexity index is 808. The number of rotatable bonds is 7. The maximum atomic E-state index is 13.4. The second kappa shape index (κ2) is 9.56. The second-order valence-electron chi connectivity index (χ2n) is 6.28. The normalized spacial score (nSPS) is 10.4. The van der Waals surface area contributed by atoms with Gasteiger partial charge in [0.15, 0.2) is 24.8 Å². The van der Waals surface area contributed by atoms with Crippen molar-refractivity contribution in [2.75, 3.05) is 13.2 Å². The Hall–Kier alpha value is -3.09. The highest BCUT2D eigenvalue weighted by atomic mass is 19.1. The molecule has 6 nitrogen and oxygen atoms in total. The van der Waals surface area contributed by atoms with Crippen LogP contribution < -0.4 is 20.3 Å². The van der Waals surface area contributed by atoms with E-state index in [9.17, 15) is 14.0 Å². The van der Waals surface area contributed by atoms with E-state index < -0.39 is 24.2 Å².